The van der Waals surface area contributed by atoms with Crippen LogP contribution in [0.3, 0.4) is 0 Å². The second kappa shape index (κ2) is 8.01. The summed E-state index contributed by atoms with van der Waals surface area (Å²) in [5.41, 5.74) is 3.68. The minimum absolute atomic E-state index is 0.0738. The van der Waals surface area contributed by atoms with Crippen molar-refractivity contribution in [2.24, 2.45) is 0 Å². The molecule has 0 N–H and O–H groups in total. The van der Waals surface area contributed by atoms with Crippen LogP contribution in [-0.4, -0.2) is 9.55 Å². The molecule has 1 aromatic heterocycles. The zero-order chi connectivity index (χ0) is 19.7. The number of aryl methyl sites for hydroxylation is 1. The van der Waals surface area contributed by atoms with E-state index in [1.54, 1.807) is 4.57 Å². The van der Waals surface area contributed by atoms with Gasteiger partial charge in [0.2, 0.25) is 0 Å². The number of fused-ring (bicyclic) bond motifs is 1. The average Bonchev–Trinajstić information content (AvgIpc) is 2.69. The summed E-state index contributed by atoms with van der Waals surface area (Å²) in [6.07, 6.45) is 3.91. The van der Waals surface area contributed by atoms with E-state index in [0.717, 1.165) is 19.3 Å². The molecule has 0 saturated carbocycles. The van der Waals surface area contributed by atoms with Gasteiger partial charge in [-0.2, -0.15) is 0 Å². The number of nitrogens with zero attached hydrogens (tertiary/aromatic N) is 2. The Morgan fingerprint density at radius 2 is 1.75 bits per heavy atom. The van der Waals surface area contributed by atoms with Crippen LogP contribution in [0.2, 0.25) is 0 Å². The maximum absolute atomic E-state index is 13.3. The summed E-state index contributed by atoms with van der Waals surface area (Å²) in [7, 11) is 0. The maximum atomic E-state index is 13.3. The van der Waals surface area contributed by atoms with Crippen molar-refractivity contribution in [2.75, 3.05) is 0 Å². The zero-order valence-electron chi connectivity index (χ0n) is 15.1. The van der Waals surface area contributed by atoms with Gasteiger partial charge < -0.3 is 0 Å². The van der Waals surface area contributed by atoms with Gasteiger partial charge in [-0.05, 0) is 89.2 Å². The lowest BCUT2D eigenvalue weighted by molar-refractivity contribution is 0.943. The van der Waals surface area contributed by atoms with E-state index in [9.17, 15) is 4.79 Å². The van der Waals surface area contributed by atoms with Gasteiger partial charge in [0, 0.05) is 8.04 Å². The Kier molecular flexibility index (Phi) is 5.46. The first kappa shape index (κ1) is 19.1. The fourth-order valence-electron chi connectivity index (χ4n) is 3.06. The largest absolute Gasteiger partial charge is 0.268 e. The van der Waals surface area contributed by atoms with Crippen molar-refractivity contribution < 1.29 is 0 Å². The molecule has 0 atom stereocenters. The quantitative estimate of drug-likeness (QED) is 0.288. The third kappa shape index (κ3) is 3.82. The highest BCUT2D eigenvalue weighted by atomic mass is 127. The summed E-state index contributed by atoms with van der Waals surface area (Å²) in [4.78, 5) is 18.1. The van der Waals surface area contributed by atoms with Crippen molar-refractivity contribution >= 4 is 61.6 Å². The summed E-state index contributed by atoms with van der Waals surface area (Å²) in [5, 5.41) is 0.614. The van der Waals surface area contributed by atoms with Crippen molar-refractivity contribution in [1.29, 1.82) is 0 Å². The van der Waals surface area contributed by atoms with E-state index in [0.29, 0.717) is 16.7 Å². The highest BCUT2D eigenvalue weighted by molar-refractivity contribution is 14.1. The summed E-state index contributed by atoms with van der Waals surface area (Å²) in [6, 6.07) is 21.6. The van der Waals surface area contributed by atoms with Gasteiger partial charge in [-0.3, -0.25) is 9.36 Å². The van der Waals surface area contributed by atoms with Crippen LogP contribution in [0.1, 0.15) is 17.0 Å². The lowest BCUT2D eigenvalue weighted by atomic mass is 10.1. The smallest absolute Gasteiger partial charge is 0.266 e. The second-order valence-corrected chi connectivity index (χ2v) is 8.60. The fraction of sp³-hybridized carbons (Fsp3) is 0.0435. The topological polar surface area (TPSA) is 34.9 Å². The summed E-state index contributed by atoms with van der Waals surface area (Å²) >= 11 is 5.67. The first-order chi connectivity index (χ1) is 13.5. The van der Waals surface area contributed by atoms with Crippen molar-refractivity contribution in [2.45, 2.75) is 6.92 Å². The van der Waals surface area contributed by atoms with Gasteiger partial charge in [0.15, 0.2) is 0 Å². The highest BCUT2D eigenvalue weighted by Crippen LogP contribution is 2.19. The minimum Gasteiger partial charge on any atom is -0.268 e. The molecule has 3 aromatic carbocycles. The number of benzene rings is 3. The van der Waals surface area contributed by atoms with E-state index in [1.807, 2.05) is 66.7 Å². The third-order valence-electron chi connectivity index (χ3n) is 4.54. The Balaban J connectivity index is 1.97. The molecule has 0 bridgehead atoms. The molecule has 3 nitrogen and oxygen atoms in total. The molecule has 0 aliphatic heterocycles. The van der Waals surface area contributed by atoms with Crippen LogP contribution in [0.5, 0.6) is 0 Å². The molecule has 0 saturated heterocycles. The SMILES string of the molecule is Cc1ccccc1C=Cc1nc2ccc(I)cc2c(=O)n1-c1ccc(Br)cc1. The average molecular weight is 543 g/mol. The first-order valence-corrected chi connectivity index (χ1v) is 10.6. The predicted octanol–water partition coefficient (Wildman–Crippen LogP) is 6.23. The molecular formula is C23H16BrIN2O. The van der Waals surface area contributed by atoms with Gasteiger partial charge in [0.05, 0.1) is 16.6 Å². The number of hydrogen-bond donors (Lipinski definition) is 0. The van der Waals surface area contributed by atoms with E-state index in [4.69, 9.17) is 4.98 Å². The van der Waals surface area contributed by atoms with E-state index in [2.05, 4.69) is 57.6 Å². The van der Waals surface area contributed by atoms with E-state index >= 15 is 0 Å². The number of aromatic nitrogens is 2. The molecule has 0 aliphatic carbocycles. The predicted molar refractivity (Wildman–Crippen MR) is 128 cm³/mol. The van der Waals surface area contributed by atoms with Gasteiger partial charge in [-0.15, -0.1) is 0 Å². The summed E-state index contributed by atoms with van der Waals surface area (Å²) in [5.74, 6) is 0.601. The number of rotatable bonds is 3. The maximum Gasteiger partial charge on any atom is 0.266 e. The third-order valence-corrected chi connectivity index (χ3v) is 5.74. The van der Waals surface area contributed by atoms with Gasteiger partial charge in [0.25, 0.3) is 5.56 Å². The molecule has 0 fully saturated rings. The zero-order valence-corrected chi connectivity index (χ0v) is 18.8. The molecule has 0 amide bonds. The summed E-state index contributed by atoms with van der Waals surface area (Å²) < 4.78 is 3.64. The number of halogens is 2. The van der Waals surface area contributed by atoms with Crippen molar-refractivity contribution in [1.82, 2.24) is 9.55 Å². The lowest BCUT2D eigenvalue weighted by Crippen LogP contribution is -2.22. The first-order valence-electron chi connectivity index (χ1n) is 8.75. The Morgan fingerprint density at radius 3 is 2.50 bits per heavy atom. The van der Waals surface area contributed by atoms with E-state index in [-0.39, 0.29) is 5.56 Å². The fourth-order valence-corrected chi connectivity index (χ4v) is 3.82. The van der Waals surface area contributed by atoms with Crippen molar-refractivity contribution in [3.05, 3.63) is 102 Å². The molecule has 0 radical (unpaired) electrons. The summed E-state index contributed by atoms with van der Waals surface area (Å²) in [6.45, 7) is 2.07. The Labute approximate surface area is 185 Å². The van der Waals surface area contributed by atoms with Crippen LogP contribution in [0.25, 0.3) is 28.7 Å². The Morgan fingerprint density at radius 1 is 1.00 bits per heavy atom. The molecule has 0 unspecified atom stereocenters. The van der Waals surface area contributed by atoms with Crippen LogP contribution in [-0.2, 0) is 0 Å². The standard InChI is InChI=1S/C23H16BrIN2O/c1-15-4-2-3-5-16(15)6-13-22-26-21-12-9-18(25)14-20(21)23(28)27(22)19-10-7-17(24)8-11-19/h2-14H,1H3. The van der Waals surface area contributed by atoms with Gasteiger partial charge in [-0.1, -0.05) is 46.3 Å². The molecule has 4 rings (SSSR count). The van der Waals surface area contributed by atoms with Crippen LogP contribution in [0, 0.1) is 10.5 Å². The van der Waals surface area contributed by atoms with Crippen molar-refractivity contribution in [3.63, 3.8) is 0 Å². The monoisotopic (exact) mass is 542 g/mol. The van der Waals surface area contributed by atoms with Gasteiger partial charge >= 0.3 is 0 Å². The van der Waals surface area contributed by atoms with E-state index < -0.39 is 0 Å². The van der Waals surface area contributed by atoms with Gasteiger partial charge in [0.1, 0.15) is 5.82 Å². The Bertz CT molecular complexity index is 1260. The molecular weight excluding hydrogens is 527 g/mol. The van der Waals surface area contributed by atoms with Gasteiger partial charge in [-0.25, -0.2) is 4.98 Å². The lowest BCUT2D eigenvalue weighted by Gasteiger charge is -2.12. The molecule has 0 aliphatic rings. The normalized spacial score (nSPS) is 11.4. The van der Waals surface area contributed by atoms with Crippen molar-refractivity contribution in [3.8, 4) is 5.69 Å². The molecule has 28 heavy (non-hydrogen) atoms. The highest BCUT2D eigenvalue weighted by Gasteiger charge is 2.12. The van der Waals surface area contributed by atoms with Crippen LogP contribution >= 0.6 is 38.5 Å². The van der Waals surface area contributed by atoms with Crippen LogP contribution < -0.4 is 5.56 Å². The Hall–Kier alpha value is -2.25. The molecule has 5 heteroatoms. The van der Waals surface area contributed by atoms with E-state index in [1.165, 1.54) is 5.56 Å². The van der Waals surface area contributed by atoms with Crippen LogP contribution in [0.4, 0.5) is 0 Å². The molecule has 4 aromatic rings. The molecule has 1 heterocycles. The second-order valence-electron chi connectivity index (χ2n) is 6.44. The molecule has 138 valence electrons. The number of hydrogen-bond acceptors (Lipinski definition) is 2. The van der Waals surface area contributed by atoms with Crippen LogP contribution in [0.15, 0.2) is 76.0 Å². The minimum atomic E-state index is -0.0738. The molecule has 0 spiro atoms.